The molecule has 0 aliphatic carbocycles. The second-order valence-electron chi connectivity index (χ2n) is 8.61. The molecule has 1 aromatic rings. The second-order valence-corrected chi connectivity index (χ2v) is 8.61. The quantitative estimate of drug-likeness (QED) is 0.212. The van der Waals surface area contributed by atoms with Gasteiger partial charge in [-0.2, -0.15) is 5.10 Å². The predicted molar refractivity (Wildman–Crippen MR) is 129 cm³/mol. The molecule has 3 N–H and O–H groups in total. The molecule has 1 aromatic carbocycles. The number of morpholine rings is 1. The van der Waals surface area contributed by atoms with E-state index >= 15 is 0 Å². The van der Waals surface area contributed by atoms with Crippen LogP contribution >= 0.6 is 0 Å². The third-order valence-corrected chi connectivity index (χ3v) is 6.31. The van der Waals surface area contributed by atoms with Crippen LogP contribution < -0.4 is 16.1 Å². The summed E-state index contributed by atoms with van der Waals surface area (Å²) in [5.74, 6) is 3.41. The van der Waals surface area contributed by atoms with Crippen molar-refractivity contribution in [1.82, 2.24) is 15.1 Å². The van der Waals surface area contributed by atoms with Gasteiger partial charge in [0.2, 0.25) is 11.8 Å². The van der Waals surface area contributed by atoms with Crippen molar-refractivity contribution in [2.45, 2.75) is 18.9 Å². The SMILES string of the molecule is CN(C/C(C=NCCN1CCOCC1)=N/N)c1cccc2c1C(=O)N(C1CCC(=O)NC1=O)C2=O. The van der Waals surface area contributed by atoms with Crippen molar-refractivity contribution < 1.29 is 23.9 Å². The first-order valence-electron chi connectivity index (χ1n) is 11.5. The average Bonchev–Trinajstić information content (AvgIpc) is 3.11. The van der Waals surface area contributed by atoms with E-state index in [9.17, 15) is 19.2 Å². The van der Waals surface area contributed by atoms with E-state index in [1.54, 1.807) is 36.4 Å². The number of piperidine rings is 1. The average molecular weight is 484 g/mol. The normalized spacial score (nSPS) is 21.6. The maximum atomic E-state index is 13.3. The Morgan fingerprint density at radius 2 is 2.00 bits per heavy atom. The van der Waals surface area contributed by atoms with Gasteiger partial charge in [-0.25, -0.2) is 0 Å². The van der Waals surface area contributed by atoms with Crippen LogP contribution in [0.3, 0.4) is 0 Å². The molecule has 0 bridgehead atoms. The number of benzene rings is 1. The van der Waals surface area contributed by atoms with E-state index in [2.05, 4.69) is 20.3 Å². The maximum Gasteiger partial charge on any atom is 0.264 e. The Balaban J connectivity index is 1.44. The molecule has 3 aliphatic heterocycles. The first-order valence-corrected chi connectivity index (χ1v) is 11.5. The Bertz CT molecular complexity index is 1080. The van der Waals surface area contributed by atoms with Crippen LogP contribution in [0.15, 0.2) is 28.3 Å². The molecule has 1 atom stereocenters. The molecular formula is C23H29N7O5. The van der Waals surface area contributed by atoms with Crippen LogP contribution in [0.5, 0.6) is 0 Å². The van der Waals surface area contributed by atoms with Crippen LogP contribution in [0, 0.1) is 0 Å². The van der Waals surface area contributed by atoms with Gasteiger partial charge in [-0.05, 0) is 18.6 Å². The van der Waals surface area contributed by atoms with Crippen molar-refractivity contribution in [3.63, 3.8) is 0 Å². The number of hydrogen-bond acceptors (Lipinski definition) is 10. The van der Waals surface area contributed by atoms with Crippen LogP contribution in [-0.4, -0.2) is 104 Å². The number of nitrogens with zero attached hydrogens (tertiary/aromatic N) is 5. The zero-order valence-electron chi connectivity index (χ0n) is 19.6. The number of amides is 4. The number of nitrogens with two attached hydrogens (primary N) is 1. The molecular weight excluding hydrogens is 454 g/mol. The summed E-state index contributed by atoms with van der Waals surface area (Å²) in [4.78, 5) is 59.6. The fourth-order valence-corrected chi connectivity index (χ4v) is 4.45. The molecule has 0 aromatic heterocycles. The van der Waals surface area contributed by atoms with Gasteiger partial charge < -0.3 is 15.5 Å². The van der Waals surface area contributed by atoms with Gasteiger partial charge in [-0.1, -0.05) is 6.07 Å². The van der Waals surface area contributed by atoms with Crippen molar-refractivity contribution in [3.05, 3.63) is 29.3 Å². The summed E-state index contributed by atoms with van der Waals surface area (Å²) < 4.78 is 5.34. The highest BCUT2D eigenvalue weighted by molar-refractivity contribution is 6.32. The molecule has 0 radical (unpaired) electrons. The summed E-state index contributed by atoms with van der Waals surface area (Å²) in [6.07, 6.45) is 1.78. The van der Waals surface area contributed by atoms with Crippen LogP contribution in [-0.2, 0) is 14.3 Å². The van der Waals surface area contributed by atoms with E-state index in [1.807, 2.05) is 0 Å². The number of ether oxygens (including phenoxy) is 1. The minimum absolute atomic E-state index is 0.0672. The minimum Gasteiger partial charge on any atom is -0.379 e. The molecule has 35 heavy (non-hydrogen) atoms. The number of nitrogens with one attached hydrogen (secondary N) is 1. The lowest BCUT2D eigenvalue weighted by atomic mass is 10.0. The second kappa shape index (κ2) is 10.7. The lowest BCUT2D eigenvalue weighted by Crippen LogP contribution is -2.54. The highest BCUT2D eigenvalue weighted by Crippen LogP contribution is 2.33. The topological polar surface area (TPSA) is 150 Å². The molecule has 0 saturated carbocycles. The number of carbonyl (C=O) groups is 4. The van der Waals surface area contributed by atoms with Crippen LogP contribution in [0.2, 0.25) is 0 Å². The van der Waals surface area contributed by atoms with Crippen molar-refractivity contribution in [3.8, 4) is 0 Å². The third kappa shape index (κ3) is 5.23. The summed E-state index contributed by atoms with van der Waals surface area (Å²) in [5, 5.41) is 6.02. The van der Waals surface area contributed by atoms with Crippen LogP contribution in [0.4, 0.5) is 5.69 Å². The lowest BCUT2D eigenvalue weighted by molar-refractivity contribution is -0.136. The molecule has 0 spiro atoms. The van der Waals surface area contributed by atoms with Crippen molar-refractivity contribution in [2.75, 3.05) is 57.9 Å². The number of imide groups is 2. The standard InChI is InChI=1S/C23H29N7O5/c1-28(14-15(27-24)13-25-7-8-29-9-11-35-12-10-29)17-4-2-3-16-20(17)23(34)30(22(16)33)18-5-6-19(31)26-21(18)32/h2-4,13,18H,5-12,14,24H2,1H3,(H,26,31,32)/b25-13?,27-15+. The van der Waals surface area contributed by atoms with Gasteiger partial charge in [0.1, 0.15) is 6.04 Å². The molecule has 2 saturated heterocycles. The summed E-state index contributed by atoms with van der Waals surface area (Å²) in [6, 6.07) is 3.95. The van der Waals surface area contributed by atoms with Gasteiger partial charge in [0, 0.05) is 39.3 Å². The number of fused-ring (bicyclic) bond motifs is 1. The molecule has 3 aliphatic rings. The van der Waals surface area contributed by atoms with Gasteiger partial charge >= 0.3 is 0 Å². The van der Waals surface area contributed by atoms with Crippen molar-refractivity contribution in [1.29, 1.82) is 0 Å². The van der Waals surface area contributed by atoms with E-state index in [-0.39, 0.29) is 30.5 Å². The summed E-state index contributed by atoms with van der Waals surface area (Å²) in [6.45, 7) is 4.90. The fourth-order valence-electron chi connectivity index (χ4n) is 4.45. The molecule has 4 rings (SSSR count). The van der Waals surface area contributed by atoms with Crippen LogP contribution in [0.1, 0.15) is 33.6 Å². The van der Waals surface area contributed by atoms with E-state index in [0.717, 1.165) is 37.7 Å². The molecule has 3 heterocycles. The molecule has 12 nitrogen and oxygen atoms in total. The highest BCUT2D eigenvalue weighted by atomic mass is 16.5. The zero-order chi connectivity index (χ0) is 24.9. The number of hydrazone groups is 1. The largest absolute Gasteiger partial charge is 0.379 e. The molecule has 186 valence electrons. The first kappa shape index (κ1) is 24.5. The predicted octanol–water partition coefficient (Wildman–Crippen LogP) is -0.758. The Morgan fingerprint density at radius 1 is 1.23 bits per heavy atom. The number of anilines is 1. The summed E-state index contributed by atoms with van der Waals surface area (Å²) in [7, 11) is 1.76. The van der Waals surface area contributed by atoms with E-state index in [1.165, 1.54) is 0 Å². The first-order chi connectivity index (χ1) is 16.9. The fraction of sp³-hybridized carbons (Fsp3) is 0.478. The van der Waals surface area contributed by atoms with Gasteiger partial charge in [0.25, 0.3) is 11.8 Å². The molecule has 12 heteroatoms. The number of aliphatic imine (C=N–C) groups is 1. The molecule has 1 unspecified atom stereocenters. The Morgan fingerprint density at radius 3 is 2.71 bits per heavy atom. The smallest absolute Gasteiger partial charge is 0.264 e. The Kier molecular flexibility index (Phi) is 7.51. The van der Waals surface area contributed by atoms with Crippen molar-refractivity contribution in [2.24, 2.45) is 15.9 Å². The Hall–Kier alpha value is -3.64. The number of hydrogen-bond donors (Lipinski definition) is 2. The van der Waals surface area contributed by atoms with Crippen LogP contribution in [0.25, 0.3) is 0 Å². The highest BCUT2D eigenvalue weighted by Gasteiger charge is 2.45. The lowest BCUT2D eigenvalue weighted by Gasteiger charge is -2.28. The maximum absolute atomic E-state index is 13.3. The minimum atomic E-state index is -1.02. The van der Waals surface area contributed by atoms with E-state index in [4.69, 9.17) is 10.6 Å². The number of carbonyl (C=O) groups excluding carboxylic acids is 4. The zero-order valence-corrected chi connectivity index (χ0v) is 19.6. The van der Waals surface area contributed by atoms with Gasteiger partial charge in [0.15, 0.2) is 0 Å². The van der Waals surface area contributed by atoms with Gasteiger partial charge in [-0.15, -0.1) is 0 Å². The number of rotatable bonds is 8. The van der Waals surface area contributed by atoms with Crippen molar-refractivity contribution >= 4 is 41.2 Å². The molecule has 2 fully saturated rings. The van der Waals surface area contributed by atoms with E-state index in [0.29, 0.717) is 17.9 Å². The Labute approximate surface area is 202 Å². The monoisotopic (exact) mass is 483 g/mol. The molecule has 4 amide bonds. The third-order valence-electron chi connectivity index (χ3n) is 6.31. The summed E-state index contributed by atoms with van der Waals surface area (Å²) >= 11 is 0. The van der Waals surface area contributed by atoms with E-state index < -0.39 is 29.7 Å². The van der Waals surface area contributed by atoms with Gasteiger partial charge in [-0.3, -0.25) is 39.3 Å². The summed E-state index contributed by atoms with van der Waals surface area (Å²) in [5.41, 5.74) is 1.45. The van der Waals surface area contributed by atoms with Gasteiger partial charge in [0.05, 0.1) is 48.8 Å².